The normalized spacial score (nSPS) is 13.1. The third kappa shape index (κ3) is 4.52. The summed E-state index contributed by atoms with van der Waals surface area (Å²) in [5.74, 6) is 0. The van der Waals surface area contributed by atoms with Gasteiger partial charge in [0.05, 0.1) is 6.10 Å². The molecule has 16 heavy (non-hydrogen) atoms. The zero-order valence-electron chi connectivity index (χ0n) is 10.2. The maximum absolute atomic E-state index is 5.98. The Bertz CT molecular complexity index is 315. The molecule has 0 aromatic heterocycles. The van der Waals surface area contributed by atoms with Gasteiger partial charge >= 0.3 is 0 Å². The van der Waals surface area contributed by atoms with E-state index < -0.39 is 0 Å². The third-order valence-corrected chi connectivity index (χ3v) is 2.53. The zero-order valence-corrected chi connectivity index (χ0v) is 10.9. The summed E-state index contributed by atoms with van der Waals surface area (Å²) in [7, 11) is 0. The van der Waals surface area contributed by atoms with E-state index in [9.17, 15) is 0 Å². The van der Waals surface area contributed by atoms with Crippen LogP contribution in [0, 0.1) is 0 Å². The number of hydrogen-bond acceptors (Lipinski definition) is 2. The third-order valence-electron chi connectivity index (χ3n) is 2.30. The van der Waals surface area contributed by atoms with E-state index in [1.165, 1.54) is 0 Å². The molecule has 1 N–H and O–H groups in total. The van der Waals surface area contributed by atoms with Crippen LogP contribution in [0.4, 0.5) is 0 Å². The SMILES string of the molecule is CCOC(CNC(C)C)c1cccc(Cl)c1. The highest BCUT2D eigenvalue weighted by Gasteiger charge is 2.11. The molecule has 0 heterocycles. The van der Waals surface area contributed by atoms with Gasteiger partial charge in [-0.1, -0.05) is 37.6 Å². The van der Waals surface area contributed by atoms with Crippen molar-refractivity contribution in [1.82, 2.24) is 5.32 Å². The van der Waals surface area contributed by atoms with E-state index in [0.29, 0.717) is 12.6 Å². The fourth-order valence-corrected chi connectivity index (χ4v) is 1.72. The smallest absolute Gasteiger partial charge is 0.0949 e. The van der Waals surface area contributed by atoms with Gasteiger partial charge in [0, 0.05) is 24.2 Å². The quantitative estimate of drug-likeness (QED) is 0.824. The molecular weight excluding hydrogens is 222 g/mol. The Balaban J connectivity index is 2.68. The number of ether oxygens (including phenoxy) is 1. The summed E-state index contributed by atoms with van der Waals surface area (Å²) >= 11 is 5.98. The first-order valence-corrected chi connectivity index (χ1v) is 6.11. The van der Waals surface area contributed by atoms with E-state index in [1.54, 1.807) is 0 Å². The van der Waals surface area contributed by atoms with Gasteiger partial charge in [-0.25, -0.2) is 0 Å². The standard InChI is InChI=1S/C13H20ClNO/c1-4-16-13(9-15-10(2)3)11-6-5-7-12(14)8-11/h5-8,10,13,15H,4,9H2,1-3H3. The van der Waals surface area contributed by atoms with Crippen LogP contribution >= 0.6 is 11.6 Å². The summed E-state index contributed by atoms with van der Waals surface area (Å²) < 4.78 is 5.71. The number of halogens is 1. The van der Waals surface area contributed by atoms with Gasteiger partial charge < -0.3 is 10.1 Å². The predicted octanol–water partition coefficient (Wildman–Crippen LogP) is 3.42. The molecule has 1 atom stereocenters. The average Bonchev–Trinajstić information content (AvgIpc) is 2.24. The molecule has 0 spiro atoms. The number of benzene rings is 1. The number of nitrogens with one attached hydrogen (secondary N) is 1. The van der Waals surface area contributed by atoms with Crippen LogP contribution in [0.2, 0.25) is 5.02 Å². The van der Waals surface area contributed by atoms with Gasteiger partial charge in [-0.05, 0) is 24.6 Å². The van der Waals surface area contributed by atoms with Crippen molar-refractivity contribution in [1.29, 1.82) is 0 Å². The van der Waals surface area contributed by atoms with Crippen LogP contribution in [-0.2, 0) is 4.74 Å². The molecule has 1 unspecified atom stereocenters. The minimum absolute atomic E-state index is 0.0751. The van der Waals surface area contributed by atoms with Crippen molar-refractivity contribution < 1.29 is 4.74 Å². The van der Waals surface area contributed by atoms with Crippen molar-refractivity contribution in [3.63, 3.8) is 0 Å². The fraction of sp³-hybridized carbons (Fsp3) is 0.538. The molecule has 90 valence electrons. The lowest BCUT2D eigenvalue weighted by molar-refractivity contribution is 0.0610. The lowest BCUT2D eigenvalue weighted by atomic mass is 10.1. The molecule has 2 nitrogen and oxygen atoms in total. The van der Waals surface area contributed by atoms with Crippen LogP contribution in [0.5, 0.6) is 0 Å². The second kappa shape index (κ2) is 6.89. The van der Waals surface area contributed by atoms with Crippen molar-refractivity contribution >= 4 is 11.6 Å². The Kier molecular flexibility index (Phi) is 5.81. The van der Waals surface area contributed by atoms with E-state index >= 15 is 0 Å². The minimum Gasteiger partial charge on any atom is -0.372 e. The molecule has 0 amide bonds. The van der Waals surface area contributed by atoms with Crippen molar-refractivity contribution in [3.8, 4) is 0 Å². The Morgan fingerprint density at radius 2 is 2.12 bits per heavy atom. The van der Waals surface area contributed by atoms with Crippen LogP contribution in [0.15, 0.2) is 24.3 Å². The first-order valence-electron chi connectivity index (χ1n) is 5.74. The highest BCUT2D eigenvalue weighted by atomic mass is 35.5. The zero-order chi connectivity index (χ0) is 12.0. The van der Waals surface area contributed by atoms with E-state index in [1.807, 2.05) is 31.2 Å². The predicted molar refractivity (Wildman–Crippen MR) is 69.0 cm³/mol. The molecule has 0 bridgehead atoms. The summed E-state index contributed by atoms with van der Waals surface area (Å²) in [4.78, 5) is 0. The van der Waals surface area contributed by atoms with Crippen LogP contribution < -0.4 is 5.32 Å². The van der Waals surface area contributed by atoms with Gasteiger partial charge in [0.2, 0.25) is 0 Å². The van der Waals surface area contributed by atoms with E-state index in [4.69, 9.17) is 16.3 Å². The maximum Gasteiger partial charge on any atom is 0.0949 e. The van der Waals surface area contributed by atoms with Crippen LogP contribution in [0.3, 0.4) is 0 Å². The van der Waals surface area contributed by atoms with Crippen molar-refractivity contribution in [2.45, 2.75) is 32.9 Å². The van der Waals surface area contributed by atoms with Gasteiger partial charge in [0.25, 0.3) is 0 Å². The Morgan fingerprint density at radius 1 is 1.38 bits per heavy atom. The minimum atomic E-state index is 0.0751. The van der Waals surface area contributed by atoms with Gasteiger partial charge in [0.15, 0.2) is 0 Å². The van der Waals surface area contributed by atoms with Crippen molar-refractivity contribution in [3.05, 3.63) is 34.9 Å². The largest absolute Gasteiger partial charge is 0.372 e. The highest BCUT2D eigenvalue weighted by molar-refractivity contribution is 6.30. The molecule has 1 rings (SSSR count). The van der Waals surface area contributed by atoms with Gasteiger partial charge in [-0.15, -0.1) is 0 Å². The molecule has 1 aromatic carbocycles. The molecular formula is C13H20ClNO. The van der Waals surface area contributed by atoms with Gasteiger partial charge in [0.1, 0.15) is 0 Å². The summed E-state index contributed by atoms with van der Waals surface area (Å²) in [5, 5.41) is 4.14. The second-order valence-electron chi connectivity index (χ2n) is 4.06. The maximum atomic E-state index is 5.98. The van der Waals surface area contributed by atoms with Gasteiger partial charge in [-0.3, -0.25) is 0 Å². The summed E-state index contributed by atoms with van der Waals surface area (Å²) in [6, 6.07) is 8.31. The van der Waals surface area contributed by atoms with Crippen LogP contribution in [0.1, 0.15) is 32.4 Å². The molecule has 0 aliphatic heterocycles. The first-order chi connectivity index (χ1) is 7.63. The lowest BCUT2D eigenvalue weighted by Crippen LogP contribution is -2.29. The Labute approximate surface area is 103 Å². The summed E-state index contributed by atoms with van der Waals surface area (Å²) in [5.41, 5.74) is 1.13. The average molecular weight is 242 g/mol. The highest BCUT2D eigenvalue weighted by Crippen LogP contribution is 2.20. The topological polar surface area (TPSA) is 21.3 Å². The monoisotopic (exact) mass is 241 g/mol. The van der Waals surface area contributed by atoms with Crippen LogP contribution in [0.25, 0.3) is 0 Å². The molecule has 0 aliphatic carbocycles. The molecule has 1 aromatic rings. The number of hydrogen-bond donors (Lipinski definition) is 1. The molecule has 0 saturated heterocycles. The van der Waals surface area contributed by atoms with Gasteiger partial charge in [-0.2, -0.15) is 0 Å². The molecule has 0 fully saturated rings. The van der Waals surface area contributed by atoms with Crippen LogP contribution in [-0.4, -0.2) is 19.2 Å². The number of rotatable bonds is 6. The Hall–Kier alpha value is -0.570. The molecule has 0 aliphatic rings. The summed E-state index contributed by atoms with van der Waals surface area (Å²) in [6.07, 6.45) is 0.0751. The Morgan fingerprint density at radius 3 is 2.69 bits per heavy atom. The molecule has 0 radical (unpaired) electrons. The van der Waals surface area contributed by atoms with E-state index in [2.05, 4.69) is 19.2 Å². The van der Waals surface area contributed by atoms with E-state index in [-0.39, 0.29) is 6.10 Å². The summed E-state index contributed by atoms with van der Waals surface area (Å²) in [6.45, 7) is 7.78. The lowest BCUT2D eigenvalue weighted by Gasteiger charge is -2.19. The van der Waals surface area contributed by atoms with Crippen molar-refractivity contribution in [2.75, 3.05) is 13.2 Å². The first kappa shape index (κ1) is 13.5. The van der Waals surface area contributed by atoms with E-state index in [0.717, 1.165) is 17.1 Å². The molecule has 0 saturated carbocycles. The fourth-order valence-electron chi connectivity index (χ4n) is 1.52. The second-order valence-corrected chi connectivity index (χ2v) is 4.50. The van der Waals surface area contributed by atoms with Crippen molar-refractivity contribution in [2.24, 2.45) is 0 Å². The molecule has 3 heteroatoms.